The minimum Gasteiger partial charge on any atom is -0.371 e. The van der Waals surface area contributed by atoms with Crippen LogP contribution in [-0.4, -0.2) is 19.6 Å². The number of para-hydroxylation sites is 1. The molecule has 0 amide bonds. The van der Waals surface area contributed by atoms with E-state index in [9.17, 15) is 0 Å². The van der Waals surface area contributed by atoms with E-state index in [0.29, 0.717) is 0 Å². The molecule has 1 aliphatic rings. The SMILES string of the molecule is CC1Cc2ccccc2N(CCCCCN)C1. The second kappa shape index (κ2) is 6.06. The molecule has 0 saturated carbocycles. The summed E-state index contributed by atoms with van der Waals surface area (Å²) in [5, 5.41) is 0. The van der Waals surface area contributed by atoms with Crippen molar-refractivity contribution < 1.29 is 0 Å². The lowest BCUT2D eigenvalue weighted by molar-refractivity contribution is 0.520. The molecule has 17 heavy (non-hydrogen) atoms. The van der Waals surface area contributed by atoms with Crippen LogP contribution in [0, 0.1) is 5.92 Å². The zero-order valence-corrected chi connectivity index (χ0v) is 10.9. The van der Waals surface area contributed by atoms with Crippen LogP contribution in [0.4, 0.5) is 5.69 Å². The van der Waals surface area contributed by atoms with Crippen LogP contribution >= 0.6 is 0 Å². The normalized spacial score (nSPS) is 19.2. The van der Waals surface area contributed by atoms with Gasteiger partial charge in [-0.05, 0) is 43.4 Å². The van der Waals surface area contributed by atoms with E-state index in [-0.39, 0.29) is 0 Å². The van der Waals surface area contributed by atoms with Gasteiger partial charge < -0.3 is 10.6 Å². The van der Waals surface area contributed by atoms with Crippen molar-refractivity contribution in [2.45, 2.75) is 32.6 Å². The first-order valence-electron chi connectivity index (χ1n) is 6.84. The van der Waals surface area contributed by atoms with Crippen LogP contribution in [0.1, 0.15) is 31.7 Å². The van der Waals surface area contributed by atoms with Gasteiger partial charge in [-0.25, -0.2) is 0 Å². The molecule has 2 N–H and O–H groups in total. The van der Waals surface area contributed by atoms with Crippen LogP contribution in [0.3, 0.4) is 0 Å². The van der Waals surface area contributed by atoms with E-state index in [0.717, 1.165) is 18.9 Å². The Hall–Kier alpha value is -1.02. The van der Waals surface area contributed by atoms with E-state index in [1.165, 1.54) is 43.6 Å². The molecule has 0 aromatic heterocycles. The zero-order valence-electron chi connectivity index (χ0n) is 10.9. The third kappa shape index (κ3) is 3.22. The molecular formula is C15H24N2. The number of benzene rings is 1. The molecule has 2 rings (SSSR count). The monoisotopic (exact) mass is 232 g/mol. The number of rotatable bonds is 5. The van der Waals surface area contributed by atoms with Crippen molar-refractivity contribution >= 4 is 5.69 Å². The first kappa shape index (κ1) is 12.4. The molecule has 1 aliphatic heterocycles. The van der Waals surface area contributed by atoms with Crippen LogP contribution < -0.4 is 10.6 Å². The second-order valence-corrected chi connectivity index (χ2v) is 5.23. The fraction of sp³-hybridized carbons (Fsp3) is 0.600. The number of nitrogens with two attached hydrogens (primary N) is 1. The van der Waals surface area contributed by atoms with Crippen molar-refractivity contribution in [2.24, 2.45) is 11.7 Å². The van der Waals surface area contributed by atoms with Crippen molar-refractivity contribution in [1.29, 1.82) is 0 Å². The van der Waals surface area contributed by atoms with Gasteiger partial charge in [0.2, 0.25) is 0 Å². The van der Waals surface area contributed by atoms with Crippen LogP contribution in [0.5, 0.6) is 0 Å². The Morgan fingerprint density at radius 3 is 2.88 bits per heavy atom. The molecule has 1 unspecified atom stereocenters. The molecular weight excluding hydrogens is 208 g/mol. The van der Waals surface area contributed by atoms with E-state index in [1.54, 1.807) is 0 Å². The van der Waals surface area contributed by atoms with Crippen LogP contribution in [0.25, 0.3) is 0 Å². The highest BCUT2D eigenvalue weighted by molar-refractivity contribution is 5.55. The lowest BCUT2D eigenvalue weighted by Crippen LogP contribution is -2.35. The van der Waals surface area contributed by atoms with Gasteiger partial charge in [0.05, 0.1) is 0 Å². The Bertz CT molecular complexity index is 349. The number of unbranched alkanes of at least 4 members (excludes halogenated alkanes) is 2. The minimum atomic E-state index is 0.777. The predicted octanol–water partition coefficient (Wildman–Crippen LogP) is 2.81. The molecule has 0 saturated heterocycles. The fourth-order valence-corrected chi connectivity index (χ4v) is 2.74. The molecule has 0 radical (unpaired) electrons. The summed E-state index contributed by atoms with van der Waals surface area (Å²) in [6.07, 6.45) is 4.91. The van der Waals surface area contributed by atoms with Gasteiger partial charge in [0.15, 0.2) is 0 Å². The quantitative estimate of drug-likeness (QED) is 0.791. The maximum absolute atomic E-state index is 5.53. The summed E-state index contributed by atoms with van der Waals surface area (Å²) in [7, 11) is 0. The third-order valence-electron chi connectivity index (χ3n) is 3.56. The van der Waals surface area contributed by atoms with E-state index in [4.69, 9.17) is 5.73 Å². The molecule has 94 valence electrons. The Labute approximate surface area is 105 Å². The predicted molar refractivity (Wildman–Crippen MR) is 74.4 cm³/mol. The average molecular weight is 232 g/mol. The smallest absolute Gasteiger partial charge is 0.0398 e. The molecule has 2 nitrogen and oxygen atoms in total. The summed E-state index contributed by atoms with van der Waals surface area (Å²) < 4.78 is 0. The number of hydrogen-bond donors (Lipinski definition) is 1. The molecule has 0 fully saturated rings. The van der Waals surface area contributed by atoms with Gasteiger partial charge >= 0.3 is 0 Å². The Kier molecular flexibility index (Phi) is 4.43. The van der Waals surface area contributed by atoms with Crippen molar-refractivity contribution in [3.05, 3.63) is 29.8 Å². The molecule has 1 heterocycles. The standard InChI is InChI=1S/C15H24N2/c1-13-11-14-7-3-4-8-15(14)17(12-13)10-6-2-5-9-16/h3-4,7-8,13H,2,5-6,9-12,16H2,1H3. The Morgan fingerprint density at radius 1 is 1.24 bits per heavy atom. The summed E-state index contributed by atoms with van der Waals surface area (Å²) >= 11 is 0. The maximum Gasteiger partial charge on any atom is 0.0398 e. The minimum absolute atomic E-state index is 0.777. The van der Waals surface area contributed by atoms with Gasteiger partial charge in [0.1, 0.15) is 0 Å². The summed E-state index contributed by atoms with van der Waals surface area (Å²) in [5.74, 6) is 0.777. The maximum atomic E-state index is 5.53. The largest absolute Gasteiger partial charge is 0.371 e. The summed E-state index contributed by atoms with van der Waals surface area (Å²) in [5.41, 5.74) is 8.51. The van der Waals surface area contributed by atoms with E-state index in [2.05, 4.69) is 36.1 Å². The number of anilines is 1. The van der Waals surface area contributed by atoms with Gasteiger partial charge in [-0.1, -0.05) is 31.5 Å². The van der Waals surface area contributed by atoms with Gasteiger partial charge in [-0.15, -0.1) is 0 Å². The van der Waals surface area contributed by atoms with Gasteiger partial charge in [-0.2, -0.15) is 0 Å². The van der Waals surface area contributed by atoms with E-state index in [1.807, 2.05) is 0 Å². The van der Waals surface area contributed by atoms with Gasteiger partial charge in [0.25, 0.3) is 0 Å². The van der Waals surface area contributed by atoms with Crippen molar-refractivity contribution in [2.75, 3.05) is 24.5 Å². The fourth-order valence-electron chi connectivity index (χ4n) is 2.74. The van der Waals surface area contributed by atoms with Crippen LogP contribution in [0.2, 0.25) is 0 Å². The molecule has 2 heteroatoms. The molecule has 0 bridgehead atoms. The summed E-state index contributed by atoms with van der Waals surface area (Å²) in [6.45, 7) is 5.57. The van der Waals surface area contributed by atoms with Crippen molar-refractivity contribution in [3.8, 4) is 0 Å². The average Bonchev–Trinajstić information content (AvgIpc) is 2.34. The van der Waals surface area contributed by atoms with Crippen molar-refractivity contribution in [3.63, 3.8) is 0 Å². The Morgan fingerprint density at radius 2 is 2.06 bits per heavy atom. The van der Waals surface area contributed by atoms with Crippen LogP contribution in [-0.2, 0) is 6.42 Å². The second-order valence-electron chi connectivity index (χ2n) is 5.23. The van der Waals surface area contributed by atoms with Gasteiger partial charge in [-0.3, -0.25) is 0 Å². The van der Waals surface area contributed by atoms with E-state index < -0.39 is 0 Å². The van der Waals surface area contributed by atoms with Crippen molar-refractivity contribution in [1.82, 2.24) is 0 Å². The topological polar surface area (TPSA) is 29.3 Å². The molecule has 1 aromatic carbocycles. The number of fused-ring (bicyclic) bond motifs is 1. The third-order valence-corrected chi connectivity index (χ3v) is 3.56. The molecule has 0 spiro atoms. The highest BCUT2D eigenvalue weighted by Gasteiger charge is 2.20. The first-order chi connectivity index (χ1) is 8.31. The highest BCUT2D eigenvalue weighted by atomic mass is 15.1. The lowest BCUT2D eigenvalue weighted by Gasteiger charge is -2.35. The van der Waals surface area contributed by atoms with Gasteiger partial charge in [0, 0.05) is 18.8 Å². The Balaban J connectivity index is 1.97. The highest BCUT2D eigenvalue weighted by Crippen LogP contribution is 2.29. The summed E-state index contributed by atoms with van der Waals surface area (Å²) in [6, 6.07) is 8.85. The van der Waals surface area contributed by atoms with E-state index >= 15 is 0 Å². The van der Waals surface area contributed by atoms with Crippen LogP contribution in [0.15, 0.2) is 24.3 Å². The molecule has 1 aromatic rings. The summed E-state index contributed by atoms with van der Waals surface area (Å²) in [4.78, 5) is 2.56. The number of hydrogen-bond acceptors (Lipinski definition) is 2. The lowest BCUT2D eigenvalue weighted by atomic mass is 9.94. The number of nitrogens with zero attached hydrogens (tertiary/aromatic N) is 1. The molecule has 1 atom stereocenters. The first-order valence-corrected chi connectivity index (χ1v) is 6.84. The zero-order chi connectivity index (χ0) is 12.1. The molecule has 0 aliphatic carbocycles.